The molecular weight excluding hydrogens is 472 g/mol. The number of nitro benzene ring substituents is 1. The van der Waals surface area contributed by atoms with Crippen LogP contribution in [0, 0.1) is 16.0 Å². The van der Waals surface area contributed by atoms with Crippen LogP contribution < -0.4 is 0 Å². The standard InChI is InChI=1S/C28H34N4O5/c1-22(2)18-31(28(34)24-11-7-12-25(17-24)32(35)36)21-27(33)30(15-16-37-3)20-26-13-8-14-29(26)19-23-9-5-4-6-10-23/h4-14,17,22H,15-16,18-21H2,1-3H3. The monoisotopic (exact) mass is 506 g/mol. The summed E-state index contributed by atoms with van der Waals surface area (Å²) >= 11 is 0. The molecule has 37 heavy (non-hydrogen) atoms. The molecule has 1 heterocycles. The summed E-state index contributed by atoms with van der Waals surface area (Å²) in [4.78, 5) is 40.6. The number of carbonyl (C=O) groups excluding carboxylic acids is 2. The maximum absolute atomic E-state index is 13.5. The van der Waals surface area contributed by atoms with Gasteiger partial charge in [0.25, 0.3) is 11.6 Å². The molecule has 2 aromatic carbocycles. The number of ether oxygens (including phenoxy) is 1. The van der Waals surface area contributed by atoms with Crippen molar-refractivity contribution in [3.05, 3.63) is 99.9 Å². The predicted molar refractivity (Wildman–Crippen MR) is 141 cm³/mol. The predicted octanol–water partition coefficient (Wildman–Crippen LogP) is 4.22. The zero-order valence-electron chi connectivity index (χ0n) is 21.6. The molecule has 0 unspecified atom stereocenters. The number of nitrogens with zero attached hydrogens (tertiary/aromatic N) is 4. The number of methoxy groups -OCH3 is 1. The van der Waals surface area contributed by atoms with Crippen molar-refractivity contribution in [3.63, 3.8) is 0 Å². The Balaban J connectivity index is 1.79. The molecule has 0 aliphatic rings. The molecule has 2 amide bonds. The van der Waals surface area contributed by atoms with Crippen LogP contribution in [0.25, 0.3) is 0 Å². The topological polar surface area (TPSA) is 97.9 Å². The average molecular weight is 507 g/mol. The van der Waals surface area contributed by atoms with Gasteiger partial charge in [-0.15, -0.1) is 0 Å². The highest BCUT2D eigenvalue weighted by atomic mass is 16.6. The van der Waals surface area contributed by atoms with Crippen molar-refractivity contribution in [1.29, 1.82) is 0 Å². The van der Waals surface area contributed by atoms with E-state index in [1.165, 1.54) is 29.2 Å². The van der Waals surface area contributed by atoms with Crippen LogP contribution in [0.15, 0.2) is 72.9 Å². The normalized spacial score (nSPS) is 10.9. The molecule has 0 bridgehead atoms. The Labute approximate surface area is 217 Å². The average Bonchev–Trinajstić information content (AvgIpc) is 3.32. The zero-order valence-corrected chi connectivity index (χ0v) is 21.6. The molecule has 0 fully saturated rings. The quantitative estimate of drug-likeness (QED) is 0.255. The van der Waals surface area contributed by atoms with E-state index >= 15 is 0 Å². The van der Waals surface area contributed by atoms with Crippen molar-refractivity contribution in [2.24, 2.45) is 5.92 Å². The van der Waals surface area contributed by atoms with Gasteiger partial charge in [-0.05, 0) is 29.7 Å². The number of carbonyl (C=O) groups is 2. The van der Waals surface area contributed by atoms with E-state index in [0.717, 1.165) is 11.3 Å². The maximum atomic E-state index is 13.5. The Morgan fingerprint density at radius 1 is 1.03 bits per heavy atom. The summed E-state index contributed by atoms with van der Waals surface area (Å²) in [5, 5.41) is 11.2. The molecule has 9 nitrogen and oxygen atoms in total. The van der Waals surface area contributed by atoms with E-state index < -0.39 is 10.8 Å². The number of aromatic nitrogens is 1. The summed E-state index contributed by atoms with van der Waals surface area (Å²) < 4.78 is 7.34. The Bertz CT molecular complexity index is 1190. The van der Waals surface area contributed by atoms with E-state index in [2.05, 4.69) is 16.7 Å². The van der Waals surface area contributed by atoms with Gasteiger partial charge < -0.3 is 19.1 Å². The second kappa shape index (κ2) is 13.4. The number of rotatable bonds is 13. The van der Waals surface area contributed by atoms with Gasteiger partial charge in [0, 0.05) is 56.3 Å². The van der Waals surface area contributed by atoms with Crippen molar-refractivity contribution < 1.29 is 19.2 Å². The van der Waals surface area contributed by atoms with Gasteiger partial charge in [-0.25, -0.2) is 0 Å². The van der Waals surface area contributed by atoms with Crippen LogP contribution in [-0.4, -0.2) is 64.5 Å². The number of non-ortho nitro benzene ring substituents is 1. The molecule has 0 aliphatic carbocycles. The van der Waals surface area contributed by atoms with Crippen molar-refractivity contribution in [2.75, 3.05) is 33.4 Å². The van der Waals surface area contributed by atoms with Crippen LogP contribution in [0.5, 0.6) is 0 Å². The van der Waals surface area contributed by atoms with E-state index in [1.807, 2.05) is 50.4 Å². The largest absolute Gasteiger partial charge is 0.383 e. The van der Waals surface area contributed by atoms with Gasteiger partial charge >= 0.3 is 0 Å². The summed E-state index contributed by atoms with van der Waals surface area (Å²) in [6.07, 6.45) is 1.98. The van der Waals surface area contributed by atoms with Crippen molar-refractivity contribution >= 4 is 17.5 Å². The third-order valence-electron chi connectivity index (χ3n) is 5.89. The van der Waals surface area contributed by atoms with Gasteiger partial charge in [0.2, 0.25) is 5.91 Å². The van der Waals surface area contributed by atoms with E-state index in [1.54, 1.807) is 12.0 Å². The fourth-order valence-electron chi connectivity index (χ4n) is 4.07. The molecule has 0 spiro atoms. The summed E-state index contributed by atoms with van der Waals surface area (Å²) in [6.45, 7) is 5.89. The van der Waals surface area contributed by atoms with Crippen LogP contribution in [0.3, 0.4) is 0 Å². The minimum Gasteiger partial charge on any atom is -0.383 e. The Morgan fingerprint density at radius 2 is 1.78 bits per heavy atom. The summed E-state index contributed by atoms with van der Waals surface area (Å²) in [5.41, 5.74) is 2.14. The van der Waals surface area contributed by atoms with E-state index in [9.17, 15) is 19.7 Å². The molecule has 196 valence electrons. The first-order valence-corrected chi connectivity index (χ1v) is 12.3. The Morgan fingerprint density at radius 3 is 2.46 bits per heavy atom. The van der Waals surface area contributed by atoms with Gasteiger partial charge in [-0.2, -0.15) is 0 Å². The lowest BCUT2D eigenvalue weighted by Crippen LogP contribution is -2.45. The number of hydrogen-bond donors (Lipinski definition) is 0. The molecule has 9 heteroatoms. The fourth-order valence-corrected chi connectivity index (χ4v) is 4.07. The molecule has 0 aliphatic heterocycles. The highest BCUT2D eigenvalue weighted by Gasteiger charge is 2.25. The Hall–Kier alpha value is -3.98. The van der Waals surface area contributed by atoms with E-state index in [0.29, 0.717) is 32.8 Å². The minimum atomic E-state index is -0.536. The first-order valence-electron chi connectivity index (χ1n) is 12.3. The van der Waals surface area contributed by atoms with Crippen LogP contribution in [0.4, 0.5) is 5.69 Å². The van der Waals surface area contributed by atoms with Crippen molar-refractivity contribution in [3.8, 4) is 0 Å². The van der Waals surface area contributed by atoms with Gasteiger partial charge in [0.1, 0.15) is 6.54 Å². The van der Waals surface area contributed by atoms with Gasteiger partial charge in [-0.1, -0.05) is 50.2 Å². The van der Waals surface area contributed by atoms with Gasteiger partial charge in [0.15, 0.2) is 0 Å². The van der Waals surface area contributed by atoms with Crippen molar-refractivity contribution in [2.45, 2.75) is 26.9 Å². The van der Waals surface area contributed by atoms with Crippen LogP contribution in [-0.2, 0) is 22.6 Å². The first kappa shape index (κ1) is 27.6. The van der Waals surface area contributed by atoms with Crippen molar-refractivity contribution in [1.82, 2.24) is 14.4 Å². The van der Waals surface area contributed by atoms with Gasteiger partial charge in [0.05, 0.1) is 18.1 Å². The molecule has 0 saturated heterocycles. The molecular formula is C28H34N4O5. The highest BCUT2D eigenvalue weighted by molar-refractivity contribution is 5.97. The van der Waals surface area contributed by atoms with Gasteiger partial charge in [-0.3, -0.25) is 19.7 Å². The lowest BCUT2D eigenvalue weighted by Gasteiger charge is -2.29. The number of benzene rings is 2. The third-order valence-corrected chi connectivity index (χ3v) is 5.89. The molecule has 3 rings (SSSR count). The SMILES string of the molecule is COCCN(Cc1cccn1Cc1ccccc1)C(=O)CN(CC(C)C)C(=O)c1cccc([N+](=O)[O-])c1. The summed E-state index contributed by atoms with van der Waals surface area (Å²) in [7, 11) is 1.58. The lowest BCUT2D eigenvalue weighted by atomic mass is 10.1. The second-order valence-corrected chi connectivity index (χ2v) is 9.31. The van der Waals surface area contributed by atoms with Crippen LogP contribution in [0.2, 0.25) is 0 Å². The third kappa shape index (κ3) is 8.01. The fraction of sp³-hybridized carbons (Fsp3) is 0.357. The lowest BCUT2D eigenvalue weighted by molar-refractivity contribution is -0.384. The summed E-state index contributed by atoms with van der Waals surface area (Å²) in [6, 6.07) is 19.6. The van der Waals surface area contributed by atoms with Crippen LogP contribution in [0.1, 0.15) is 35.5 Å². The highest BCUT2D eigenvalue weighted by Crippen LogP contribution is 2.17. The molecule has 1 aromatic heterocycles. The summed E-state index contributed by atoms with van der Waals surface area (Å²) in [5.74, 6) is -0.528. The molecule has 0 N–H and O–H groups in total. The van der Waals surface area contributed by atoms with E-state index in [4.69, 9.17) is 4.74 Å². The molecule has 0 saturated carbocycles. The zero-order chi connectivity index (χ0) is 26.8. The van der Waals surface area contributed by atoms with Crippen LogP contribution >= 0.6 is 0 Å². The number of amides is 2. The smallest absolute Gasteiger partial charge is 0.270 e. The molecule has 0 atom stereocenters. The number of hydrogen-bond acceptors (Lipinski definition) is 5. The molecule has 0 radical (unpaired) electrons. The van der Waals surface area contributed by atoms with E-state index in [-0.39, 0.29) is 29.6 Å². The number of nitro groups is 1. The minimum absolute atomic E-state index is 0.103. The second-order valence-electron chi connectivity index (χ2n) is 9.31. The first-order chi connectivity index (χ1) is 17.8. The maximum Gasteiger partial charge on any atom is 0.270 e. The molecule has 3 aromatic rings. The Kier molecular flexibility index (Phi) is 9.97.